The lowest BCUT2D eigenvalue weighted by atomic mass is 10.3. The van der Waals surface area contributed by atoms with Crippen LogP contribution in [0.2, 0.25) is 0 Å². The zero-order chi connectivity index (χ0) is 15.5. The maximum absolute atomic E-state index is 13.5. The van der Waals surface area contributed by atoms with Gasteiger partial charge in [0.1, 0.15) is 12.2 Å². The van der Waals surface area contributed by atoms with Gasteiger partial charge in [0.05, 0.1) is 12.8 Å². The molecule has 3 aromatic rings. The summed E-state index contributed by atoms with van der Waals surface area (Å²) >= 11 is 0. The molecular formula is C16H13FN2O3. The molecule has 6 heteroatoms. The van der Waals surface area contributed by atoms with Crippen LogP contribution < -0.4 is 4.74 Å². The Morgan fingerprint density at radius 3 is 2.86 bits per heavy atom. The Morgan fingerprint density at radius 1 is 1.27 bits per heavy atom. The predicted octanol–water partition coefficient (Wildman–Crippen LogP) is 2.84. The predicted molar refractivity (Wildman–Crippen MR) is 77.3 cm³/mol. The number of rotatable bonds is 4. The van der Waals surface area contributed by atoms with E-state index < -0.39 is 11.8 Å². The number of benzene rings is 1. The van der Waals surface area contributed by atoms with E-state index in [1.807, 2.05) is 0 Å². The minimum absolute atomic E-state index is 0.100. The van der Waals surface area contributed by atoms with Crippen molar-refractivity contribution in [2.75, 3.05) is 7.11 Å². The van der Waals surface area contributed by atoms with Gasteiger partial charge in [0, 0.05) is 12.4 Å². The third-order valence-electron chi connectivity index (χ3n) is 3.15. The first-order valence-corrected chi connectivity index (χ1v) is 6.61. The van der Waals surface area contributed by atoms with Crippen molar-refractivity contribution in [2.45, 2.75) is 6.61 Å². The highest BCUT2D eigenvalue weighted by Crippen LogP contribution is 2.18. The molecule has 5 nitrogen and oxygen atoms in total. The van der Waals surface area contributed by atoms with Crippen molar-refractivity contribution in [1.82, 2.24) is 9.38 Å². The van der Waals surface area contributed by atoms with Gasteiger partial charge in [-0.25, -0.2) is 14.2 Å². The van der Waals surface area contributed by atoms with Gasteiger partial charge in [0.15, 0.2) is 17.2 Å². The molecule has 22 heavy (non-hydrogen) atoms. The van der Waals surface area contributed by atoms with Crippen LogP contribution in [0, 0.1) is 5.82 Å². The number of nitrogens with zero attached hydrogens (tertiary/aromatic N) is 2. The summed E-state index contributed by atoms with van der Waals surface area (Å²) in [5.74, 6) is -0.730. The lowest BCUT2D eigenvalue weighted by Crippen LogP contribution is -2.03. The molecule has 2 heterocycles. The normalized spacial score (nSPS) is 10.6. The number of methoxy groups -OCH3 is 1. The van der Waals surface area contributed by atoms with E-state index in [9.17, 15) is 9.18 Å². The number of carbonyl (C=O) groups excluding carboxylic acids is 1. The number of para-hydroxylation sites is 1. The molecule has 0 spiro atoms. The number of carbonyl (C=O) groups is 1. The number of ether oxygens (including phenoxy) is 2. The molecule has 0 N–H and O–H groups in total. The summed E-state index contributed by atoms with van der Waals surface area (Å²) in [6, 6.07) is 9.52. The van der Waals surface area contributed by atoms with E-state index in [-0.39, 0.29) is 12.4 Å². The second-order valence-corrected chi connectivity index (χ2v) is 4.60. The van der Waals surface area contributed by atoms with Crippen LogP contribution in [0.15, 0.2) is 48.8 Å². The fraction of sp³-hybridized carbons (Fsp3) is 0.125. The van der Waals surface area contributed by atoms with Crippen LogP contribution in [0.5, 0.6) is 5.75 Å². The summed E-state index contributed by atoms with van der Waals surface area (Å²) in [4.78, 5) is 16.0. The summed E-state index contributed by atoms with van der Waals surface area (Å²) in [5.41, 5.74) is 1.42. The standard InChI is InChI=1S/C16H13FN2O3/c1-21-16(20)12-5-4-8-19-9-11(18-15(12)19)10-22-14-7-3-2-6-13(14)17/h2-9H,10H2,1H3. The monoisotopic (exact) mass is 300 g/mol. The van der Waals surface area contributed by atoms with Crippen molar-refractivity contribution in [3.63, 3.8) is 0 Å². The van der Waals surface area contributed by atoms with Gasteiger partial charge in [-0.15, -0.1) is 0 Å². The van der Waals surface area contributed by atoms with E-state index in [1.165, 1.54) is 13.2 Å². The molecule has 0 unspecified atom stereocenters. The van der Waals surface area contributed by atoms with Crippen LogP contribution in [0.1, 0.15) is 16.1 Å². The lowest BCUT2D eigenvalue weighted by Gasteiger charge is -2.04. The third-order valence-corrected chi connectivity index (χ3v) is 3.15. The van der Waals surface area contributed by atoms with E-state index >= 15 is 0 Å². The molecule has 0 atom stereocenters. The summed E-state index contributed by atoms with van der Waals surface area (Å²) in [6.07, 6.45) is 3.49. The topological polar surface area (TPSA) is 52.8 Å². The van der Waals surface area contributed by atoms with Crippen molar-refractivity contribution in [3.05, 3.63) is 65.9 Å². The highest BCUT2D eigenvalue weighted by Gasteiger charge is 2.13. The lowest BCUT2D eigenvalue weighted by molar-refractivity contribution is 0.0602. The summed E-state index contributed by atoms with van der Waals surface area (Å²) in [7, 11) is 1.32. The van der Waals surface area contributed by atoms with Gasteiger partial charge >= 0.3 is 5.97 Å². The third kappa shape index (κ3) is 2.63. The van der Waals surface area contributed by atoms with Gasteiger partial charge < -0.3 is 13.9 Å². The average Bonchev–Trinajstić information content (AvgIpc) is 2.96. The molecule has 2 aromatic heterocycles. The Balaban J connectivity index is 1.86. The molecule has 112 valence electrons. The van der Waals surface area contributed by atoms with Crippen molar-refractivity contribution in [3.8, 4) is 5.75 Å². The Kier molecular flexibility index (Phi) is 3.74. The molecular weight excluding hydrogens is 287 g/mol. The number of halogens is 1. The largest absolute Gasteiger partial charge is 0.484 e. The van der Waals surface area contributed by atoms with Crippen molar-refractivity contribution >= 4 is 11.6 Å². The molecule has 0 amide bonds. The van der Waals surface area contributed by atoms with Gasteiger partial charge in [-0.2, -0.15) is 0 Å². The van der Waals surface area contributed by atoms with E-state index in [0.717, 1.165) is 0 Å². The summed E-state index contributed by atoms with van der Waals surface area (Å²) in [6.45, 7) is 0.100. The molecule has 1 aromatic carbocycles. The Hall–Kier alpha value is -2.89. The van der Waals surface area contributed by atoms with Gasteiger partial charge in [0.25, 0.3) is 0 Å². The number of hydrogen-bond acceptors (Lipinski definition) is 4. The Labute approximate surface area is 125 Å². The zero-order valence-corrected chi connectivity index (χ0v) is 11.8. The van der Waals surface area contributed by atoms with E-state index in [4.69, 9.17) is 9.47 Å². The van der Waals surface area contributed by atoms with Crippen LogP contribution in [-0.4, -0.2) is 22.5 Å². The molecule has 0 bridgehead atoms. The van der Waals surface area contributed by atoms with E-state index in [0.29, 0.717) is 16.9 Å². The van der Waals surface area contributed by atoms with Gasteiger partial charge in [-0.1, -0.05) is 12.1 Å². The van der Waals surface area contributed by atoms with E-state index in [2.05, 4.69) is 4.98 Å². The van der Waals surface area contributed by atoms with E-state index in [1.54, 1.807) is 47.1 Å². The molecule has 0 saturated carbocycles. The fourth-order valence-electron chi connectivity index (χ4n) is 2.12. The first-order chi connectivity index (χ1) is 10.7. The number of hydrogen-bond donors (Lipinski definition) is 0. The summed E-state index contributed by atoms with van der Waals surface area (Å²) in [5, 5.41) is 0. The minimum atomic E-state index is -0.460. The van der Waals surface area contributed by atoms with Crippen LogP contribution >= 0.6 is 0 Å². The highest BCUT2D eigenvalue weighted by atomic mass is 19.1. The quantitative estimate of drug-likeness (QED) is 0.695. The second-order valence-electron chi connectivity index (χ2n) is 4.60. The number of aromatic nitrogens is 2. The zero-order valence-electron chi connectivity index (χ0n) is 11.8. The number of imidazole rings is 1. The fourth-order valence-corrected chi connectivity index (χ4v) is 2.12. The molecule has 0 saturated heterocycles. The van der Waals surface area contributed by atoms with Crippen molar-refractivity contribution in [2.24, 2.45) is 0 Å². The van der Waals surface area contributed by atoms with Gasteiger partial charge in [0.2, 0.25) is 0 Å². The van der Waals surface area contributed by atoms with Crippen molar-refractivity contribution in [1.29, 1.82) is 0 Å². The van der Waals surface area contributed by atoms with Crippen LogP contribution in [0.3, 0.4) is 0 Å². The maximum atomic E-state index is 13.5. The first-order valence-electron chi connectivity index (χ1n) is 6.61. The number of fused-ring (bicyclic) bond motifs is 1. The molecule has 0 radical (unpaired) electrons. The maximum Gasteiger partial charge on any atom is 0.341 e. The first kappa shape index (κ1) is 14.1. The van der Waals surface area contributed by atoms with Crippen LogP contribution in [-0.2, 0) is 11.3 Å². The van der Waals surface area contributed by atoms with Crippen LogP contribution in [0.25, 0.3) is 5.65 Å². The smallest absolute Gasteiger partial charge is 0.341 e. The second kappa shape index (κ2) is 5.85. The van der Waals surface area contributed by atoms with Gasteiger partial charge in [-0.05, 0) is 24.3 Å². The average molecular weight is 300 g/mol. The SMILES string of the molecule is COC(=O)c1cccn2cc(COc3ccccc3F)nc12. The minimum Gasteiger partial charge on any atom is -0.484 e. The molecule has 0 aliphatic heterocycles. The van der Waals surface area contributed by atoms with Gasteiger partial charge in [-0.3, -0.25) is 0 Å². The molecule has 0 aliphatic carbocycles. The summed E-state index contributed by atoms with van der Waals surface area (Å²) < 4.78 is 25.3. The highest BCUT2D eigenvalue weighted by molar-refractivity contribution is 5.95. The molecule has 0 fully saturated rings. The molecule has 0 aliphatic rings. The number of pyridine rings is 1. The number of esters is 1. The Morgan fingerprint density at radius 2 is 2.09 bits per heavy atom. The van der Waals surface area contributed by atoms with Crippen LogP contribution in [0.4, 0.5) is 4.39 Å². The van der Waals surface area contributed by atoms with Crippen molar-refractivity contribution < 1.29 is 18.7 Å². The molecule has 3 rings (SSSR count). The Bertz CT molecular complexity index is 829.